The van der Waals surface area contributed by atoms with Gasteiger partial charge in [-0.25, -0.2) is 0 Å². The van der Waals surface area contributed by atoms with E-state index < -0.39 is 0 Å². The summed E-state index contributed by atoms with van der Waals surface area (Å²) in [6.45, 7) is 2.13. The number of hydrogen-bond donors (Lipinski definition) is 2. The minimum absolute atomic E-state index is 0.0832. The molecule has 0 aliphatic heterocycles. The molecule has 0 aliphatic carbocycles. The molecule has 0 heterocycles. The summed E-state index contributed by atoms with van der Waals surface area (Å²) in [4.78, 5) is 0. The van der Waals surface area contributed by atoms with E-state index in [4.69, 9.17) is 22.2 Å². The molecule has 1 aromatic carbocycles. The van der Waals surface area contributed by atoms with Crippen LogP contribution in [0.3, 0.4) is 0 Å². The molecule has 3 N–H and O–H groups in total. The maximum atomic E-state index is 6.14. The lowest BCUT2D eigenvalue weighted by Crippen LogP contribution is -2.46. The van der Waals surface area contributed by atoms with Gasteiger partial charge in [-0.05, 0) is 24.5 Å². The lowest BCUT2D eigenvalue weighted by Gasteiger charge is -2.25. The summed E-state index contributed by atoms with van der Waals surface area (Å²) in [6, 6.07) is 7.91. The molecule has 17 heavy (non-hydrogen) atoms. The van der Waals surface area contributed by atoms with E-state index in [0.29, 0.717) is 0 Å². The SMILES string of the molecule is CCCC(OC)C(Cc1ccccc1Cl)NN. The van der Waals surface area contributed by atoms with Gasteiger partial charge in [-0.3, -0.25) is 11.3 Å². The van der Waals surface area contributed by atoms with E-state index in [1.54, 1.807) is 7.11 Å². The van der Waals surface area contributed by atoms with Crippen molar-refractivity contribution in [2.24, 2.45) is 5.84 Å². The highest BCUT2D eigenvalue weighted by Gasteiger charge is 2.20. The number of halogens is 1. The maximum absolute atomic E-state index is 6.14. The van der Waals surface area contributed by atoms with Crippen molar-refractivity contribution in [3.63, 3.8) is 0 Å². The lowest BCUT2D eigenvalue weighted by molar-refractivity contribution is 0.0609. The van der Waals surface area contributed by atoms with Crippen LogP contribution in [-0.4, -0.2) is 19.3 Å². The Labute approximate surface area is 108 Å². The van der Waals surface area contributed by atoms with E-state index in [9.17, 15) is 0 Å². The quantitative estimate of drug-likeness (QED) is 0.582. The van der Waals surface area contributed by atoms with E-state index >= 15 is 0 Å². The standard InChI is InChI=1S/C13H21ClN2O/c1-3-6-13(17-2)12(16-15)9-10-7-4-5-8-11(10)14/h4-5,7-8,12-13,16H,3,6,9,15H2,1-2H3. The molecular weight excluding hydrogens is 236 g/mol. The fourth-order valence-corrected chi connectivity index (χ4v) is 2.18. The van der Waals surface area contributed by atoms with Gasteiger partial charge in [-0.1, -0.05) is 43.1 Å². The molecule has 0 aromatic heterocycles. The molecule has 2 unspecified atom stereocenters. The summed E-state index contributed by atoms with van der Waals surface area (Å²) < 4.78 is 5.47. The summed E-state index contributed by atoms with van der Waals surface area (Å²) >= 11 is 6.14. The predicted molar refractivity (Wildman–Crippen MR) is 72.0 cm³/mol. The predicted octanol–water partition coefficient (Wildman–Crippen LogP) is 2.53. The molecule has 0 saturated heterocycles. The molecule has 0 fully saturated rings. The first-order chi connectivity index (χ1) is 8.22. The Morgan fingerprint density at radius 1 is 1.41 bits per heavy atom. The Morgan fingerprint density at radius 3 is 2.65 bits per heavy atom. The van der Waals surface area contributed by atoms with E-state index in [2.05, 4.69) is 12.3 Å². The maximum Gasteiger partial charge on any atom is 0.0740 e. The zero-order valence-corrected chi connectivity index (χ0v) is 11.2. The van der Waals surface area contributed by atoms with Crippen molar-refractivity contribution in [2.75, 3.05) is 7.11 Å². The van der Waals surface area contributed by atoms with E-state index in [1.165, 1.54) is 0 Å². The Balaban J connectivity index is 2.72. The van der Waals surface area contributed by atoms with Crippen LogP contribution in [0, 0.1) is 0 Å². The van der Waals surface area contributed by atoms with Gasteiger partial charge in [0.2, 0.25) is 0 Å². The molecule has 1 aromatic rings. The molecule has 0 amide bonds. The first kappa shape index (κ1) is 14.5. The normalized spacial score (nSPS) is 14.6. The number of methoxy groups -OCH3 is 1. The van der Waals surface area contributed by atoms with Gasteiger partial charge < -0.3 is 4.74 Å². The second kappa shape index (κ2) is 7.67. The zero-order valence-electron chi connectivity index (χ0n) is 10.4. The van der Waals surface area contributed by atoms with Crippen molar-refractivity contribution in [3.8, 4) is 0 Å². The molecule has 2 atom stereocenters. The monoisotopic (exact) mass is 256 g/mol. The van der Waals surface area contributed by atoms with Crippen LogP contribution in [0.2, 0.25) is 5.02 Å². The summed E-state index contributed by atoms with van der Waals surface area (Å²) in [6.07, 6.45) is 2.94. The molecule has 0 bridgehead atoms. The molecular formula is C13H21ClN2O. The van der Waals surface area contributed by atoms with Gasteiger partial charge in [0, 0.05) is 12.1 Å². The van der Waals surface area contributed by atoms with Crippen LogP contribution < -0.4 is 11.3 Å². The van der Waals surface area contributed by atoms with Crippen LogP contribution in [-0.2, 0) is 11.2 Å². The fraction of sp³-hybridized carbons (Fsp3) is 0.538. The number of benzene rings is 1. The summed E-state index contributed by atoms with van der Waals surface area (Å²) in [5.74, 6) is 5.60. The number of hydrogen-bond acceptors (Lipinski definition) is 3. The largest absolute Gasteiger partial charge is 0.380 e. The topological polar surface area (TPSA) is 47.3 Å². The van der Waals surface area contributed by atoms with Gasteiger partial charge in [0.1, 0.15) is 0 Å². The van der Waals surface area contributed by atoms with Gasteiger partial charge in [0.15, 0.2) is 0 Å². The van der Waals surface area contributed by atoms with Gasteiger partial charge >= 0.3 is 0 Å². The highest BCUT2D eigenvalue weighted by atomic mass is 35.5. The van der Waals surface area contributed by atoms with Crippen molar-refractivity contribution in [1.29, 1.82) is 0 Å². The Hall–Kier alpha value is -0.610. The molecule has 0 radical (unpaired) electrons. The second-order valence-corrected chi connectivity index (χ2v) is 4.54. The van der Waals surface area contributed by atoms with E-state index in [0.717, 1.165) is 29.8 Å². The minimum Gasteiger partial charge on any atom is -0.380 e. The van der Waals surface area contributed by atoms with Crippen LogP contribution in [0.4, 0.5) is 0 Å². The molecule has 0 aliphatic rings. The third-order valence-corrected chi connectivity index (χ3v) is 3.31. The van der Waals surface area contributed by atoms with Crippen molar-refractivity contribution in [1.82, 2.24) is 5.43 Å². The Kier molecular flexibility index (Phi) is 6.52. The molecule has 96 valence electrons. The number of rotatable bonds is 7. The van der Waals surface area contributed by atoms with Crippen LogP contribution in [0.1, 0.15) is 25.3 Å². The Morgan fingerprint density at radius 2 is 2.12 bits per heavy atom. The first-order valence-corrected chi connectivity index (χ1v) is 6.33. The molecule has 0 saturated carbocycles. The number of nitrogens with two attached hydrogens (primary N) is 1. The second-order valence-electron chi connectivity index (χ2n) is 4.13. The van der Waals surface area contributed by atoms with Crippen molar-refractivity contribution < 1.29 is 4.74 Å². The van der Waals surface area contributed by atoms with Gasteiger partial charge in [-0.2, -0.15) is 0 Å². The van der Waals surface area contributed by atoms with Crippen LogP contribution >= 0.6 is 11.6 Å². The summed E-state index contributed by atoms with van der Waals surface area (Å²) in [5.41, 5.74) is 3.92. The van der Waals surface area contributed by atoms with E-state index in [-0.39, 0.29) is 12.1 Å². The third kappa shape index (κ3) is 4.28. The first-order valence-electron chi connectivity index (χ1n) is 5.95. The fourth-order valence-electron chi connectivity index (χ4n) is 1.97. The number of hydrazine groups is 1. The summed E-state index contributed by atoms with van der Waals surface area (Å²) in [7, 11) is 1.72. The number of nitrogens with one attached hydrogen (secondary N) is 1. The van der Waals surface area contributed by atoms with Gasteiger partial charge in [-0.15, -0.1) is 0 Å². The molecule has 1 rings (SSSR count). The highest BCUT2D eigenvalue weighted by Crippen LogP contribution is 2.19. The van der Waals surface area contributed by atoms with Crippen molar-refractivity contribution in [2.45, 2.75) is 38.3 Å². The smallest absolute Gasteiger partial charge is 0.0740 e. The highest BCUT2D eigenvalue weighted by molar-refractivity contribution is 6.31. The average Bonchev–Trinajstić information content (AvgIpc) is 2.35. The molecule has 0 spiro atoms. The van der Waals surface area contributed by atoms with Gasteiger partial charge in [0.25, 0.3) is 0 Å². The van der Waals surface area contributed by atoms with Crippen LogP contribution in [0.5, 0.6) is 0 Å². The van der Waals surface area contributed by atoms with Crippen molar-refractivity contribution >= 4 is 11.6 Å². The zero-order chi connectivity index (χ0) is 12.7. The van der Waals surface area contributed by atoms with E-state index in [1.807, 2.05) is 24.3 Å². The van der Waals surface area contributed by atoms with Gasteiger partial charge in [0.05, 0.1) is 12.1 Å². The summed E-state index contributed by atoms with van der Waals surface area (Å²) in [5, 5.41) is 0.777. The molecule has 3 nitrogen and oxygen atoms in total. The lowest BCUT2D eigenvalue weighted by atomic mass is 9.99. The minimum atomic E-state index is 0.0832. The average molecular weight is 257 g/mol. The number of ether oxygens (including phenoxy) is 1. The molecule has 4 heteroatoms. The van der Waals surface area contributed by atoms with Crippen molar-refractivity contribution in [3.05, 3.63) is 34.9 Å². The van der Waals surface area contributed by atoms with Crippen LogP contribution in [0.15, 0.2) is 24.3 Å². The van der Waals surface area contributed by atoms with Crippen LogP contribution in [0.25, 0.3) is 0 Å². The Bertz CT molecular complexity index is 333. The third-order valence-electron chi connectivity index (χ3n) is 2.94.